The van der Waals surface area contributed by atoms with Crippen molar-refractivity contribution in [1.82, 2.24) is 0 Å². The van der Waals surface area contributed by atoms with E-state index < -0.39 is 0 Å². The van der Waals surface area contributed by atoms with Crippen molar-refractivity contribution in [2.75, 3.05) is 26.2 Å². The minimum Gasteiger partial charge on any atom is -0.507 e. The fraction of sp³-hybridized carbons (Fsp3) is 0.357. The normalized spacial score (nSPS) is 19.1. The number of phenols is 1. The molecule has 0 amide bonds. The van der Waals surface area contributed by atoms with Crippen molar-refractivity contribution in [3.8, 4) is 5.75 Å². The summed E-state index contributed by atoms with van der Waals surface area (Å²) in [6, 6.07) is 26.4. The Kier molecular flexibility index (Phi) is 6.74. The van der Waals surface area contributed by atoms with Crippen LogP contribution in [0.15, 0.2) is 72.8 Å². The number of nitrogens with one attached hydrogen (secondary N) is 2. The lowest BCUT2D eigenvalue weighted by Crippen LogP contribution is -3.27. The standard InChI is InChI=1S/C28H34N2O/c1-21(2)26-19-25(27(31)18-22(26)3)20-29-14-16-30(17-15-29)28(23-10-6-4-7-11-23)24-12-8-5-9-13-24/h4-13,18-19,21,28,31H,14-17,20H2,1-3H3/p+2. The van der Waals surface area contributed by atoms with Crippen molar-refractivity contribution in [2.24, 2.45) is 0 Å². The predicted molar refractivity (Wildman–Crippen MR) is 127 cm³/mol. The van der Waals surface area contributed by atoms with Crippen LogP contribution < -0.4 is 9.80 Å². The van der Waals surface area contributed by atoms with Crippen LogP contribution in [0.25, 0.3) is 0 Å². The number of piperazine rings is 1. The van der Waals surface area contributed by atoms with Gasteiger partial charge in [-0.15, -0.1) is 0 Å². The highest BCUT2D eigenvalue weighted by molar-refractivity contribution is 5.42. The molecule has 0 spiro atoms. The summed E-state index contributed by atoms with van der Waals surface area (Å²) in [7, 11) is 0. The zero-order valence-corrected chi connectivity index (χ0v) is 19.1. The lowest BCUT2D eigenvalue weighted by Gasteiger charge is -2.35. The Hall–Kier alpha value is -2.62. The van der Waals surface area contributed by atoms with E-state index in [9.17, 15) is 5.11 Å². The van der Waals surface area contributed by atoms with Gasteiger partial charge in [0.1, 0.15) is 44.5 Å². The highest BCUT2D eigenvalue weighted by atomic mass is 16.3. The van der Waals surface area contributed by atoms with E-state index in [1.807, 2.05) is 6.07 Å². The summed E-state index contributed by atoms with van der Waals surface area (Å²) in [6.45, 7) is 12.0. The first-order valence-electron chi connectivity index (χ1n) is 11.6. The second-order valence-electron chi connectivity index (χ2n) is 9.33. The maximum Gasteiger partial charge on any atom is 0.139 e. The quantitative estimate of drug-likeness (QED) is 0.567. The molecule has 1 heterocycles. The Labute approximate surface area is 187 Å². The molecule has 3 nitrogen and oxygen atoms in total. The summed E-state index contributed by atoms with van der Waals surface area (Å²) in [6.07, 6.45) is 0. The molecule has 0 radical (unpaired) electrons. The van der Waals surface area contributed by atoms with Crippen LogP contribution in [0.1, 0.15) is 53.6 Å². The number of rotatable bonds is 6. The summed E-state index contributed by atoms with van der Waals surface area (Å²) < 4.78 is 0. The first-order chi connectivity index (χ1) is 15.0. The molecule has 0 saturated carbocycles. The molecule has 0 unspecified atom stereocenters. The van der Waals surface area contributed by atoms with E-state index in [4.69, 9.17) is 0 Å². The molecule has 1 saturated heterocycles. The number of benzene rings is 3. The average Bonchev–Trinajstić information content (AvgIpc) is 2.78. The predicted octanol–water partition coefficient (Wildman–Crippen LogP) is 2.90. The molecule has 4 rings (SSSR count). The van der Waals surface area contributed by atoms with Crippen molar-refractivity contribution < 1.29 is 14.9 Å². The van der Waals surface area contributed by atoms with E-state index in [0.29, 0.717) is 17.7 Å². The average molecular weight is 417 g/mol. The molecular weight excluding hydrogens is 380 g/mol. The van der Waals surface area contributed by atoms with Gasteiger partial charge >= 0.3 is 0 Å². The van der Waals surface area contributed by atoms with Gasteiger partial charge in [0, 0.05) is 16.7 Å². The molecule has 3 aromatic rings. The summed E-state index contributed by atoms with van der Waals surface area (Å²) in [5.41, 5.74) is 6.42. The van der Waals surface area contributed by atoms with E-state index in [0.717, 1.165) is 38.3 Å². The van der Waals surface area contributed by atoms with Gasteiger partial charge in [-0.05, 0) is 36.1 Å². The van der Waals surface area contributed by atoms with Crippen LogP contribution >= 0.6 is 0 Å². The lowest BCUT2D eigenvalue weighted by atomic mass is 9.94. The van der Waals surface area contributed by atoms with Gasteiger partial charge < -0.3 is 14.9 Å². The summed E-state index contributed by atoms with van der Waals surface area (Å²) in [5.74, 6) is 0.934. The van der Waals surface area contributed by atoms with E-state index in [1.165, 1.54) is 22.3 Å². The summed E-state index contributed by atoms with van der Waals surface area (Å²) >= 11 is 0. The monoisotopic (exact) mass is 416 g/mol. The van der Waals surface area contributed by atoms with Gasteiger partial charge in [-0.2, -0.15) is 0 Å². The Bertz CT molecular complexity index is 937. The van der Waals surface area contributed by atoms with E-state index in [-0.39, 0.29) is 0 Å². The van der Waals surface area contributed by atoms with Crippen molar-refractivity contribution in [3.63, 3.8) is 0 Å². The van der Waals surface area contributed by atoms with Gasteiger partial charge in [0.05, 0.1) is 0 Å². The molecular formula is C28H36N2O+2. The molecule has 0 atom stereocenters. The van der Waals surface area contributed by atoms with Gasteiger partial charge in [-0.3, -0.25) is 0 Å². The first-order valence-corrected chi connectivity index (χ1v) is 11.6. The third-order valence-corrected chi connectivity index (χ3v) is 6.80. The summed E-state index contributed by atoms with van der Waals surface area (Å²) in [5, 5.41) is 10.5. The van der Waals surface area contributed by atoms with E-state index in [1.54, 1.807) is 9.80 Å². The second-order valence-corrected chi connectivity index (χ2v) is 9.33. The molecule has 1 fully saturated rings. The van der Waals surface area contributed by atoms with Crippen molar-refractivity contribution in [2.45, 2.75) is 39.3 Å². The van der Waals surface area contributed by atoms with E-state index in [2.05, 4.69) is 87.5 Å². The first kappa shape index (κ1) is 21.6. The second kappa shape index (κ2) is 9.67. The van der Waals surface area contributed by atoms with Gasteiger partial charge in [0.2, 0.25) is 0 Å². The van der Waals surface area contributed by atoms with Crippen LogP contribution in [0.5, 0.6) is 5.75 Å². The molecule has 162 valence electrons. The Morgan fingerprint density at radius 3 is 1.87 bits per heavy atom. The number of phenolic OH excluding ortho intramolecular Hbond substituents is 1. The Balaban J connectivity index is 1.48. The van der Waals surface area contributed by atoms with E-state index >= 15 is 0 Å². The SMILES string of the molecule is Cc1cc(O)c(C[NH+]2CC[NH+](C(c3ccccc3)c3ccccc3)CC2)cc1C(C)C. The van der Waals surface area contributed by atoms with Crippen molar-refractivity contribution in [3.05, 3.63) is 101 Å². The van der Waals surface area contributed by atoms with Gasteiger partial charge in [-0.25, -0.2) is 0 Å². The van der Waals surface area contributed by atoms with Crippen LogP contribution in [0.3, 0.4) is 0 Å². The van der Waals surface area contributed by atoms with Crippen molar-refractivity contribution in [1.29, 1.82) is 0 Å². The molecule has 3 heteroatoms. The van der Waals surface area contributed by atoms with Crippen LogP contribution in [0.4, 0.5) is 0 Å². The van der Waals surface area contributed by atoms with Gasteiger partial charge in [-0.1, -0.05) is 74.5 Å². The number of aryl methyl sites for hydroxylation is 1. The number of quaternary nitrogens is 2. The third-order valence-electron chi connectivity index (χ3n) is 6.80. The van der Waals surface area contributed by atoms with Gasteiger partial charge in [0.15, 0.2) is 0 Å². The smallest absolute Gasteiger partial charge is 0.139 e. The Morgan fingerprint density at radius 1 is 0.806 bits per heavy atom. The molecule has 0 aliphatic carbocycles. The number of hydrogen-bond donors (Lipinski definition) is 3. The molecule has 31 heavy (non-hydrogen) atoms. The summed E-state index contributed by atoms with van der Waals surface area (Å²) in [4.78, 5) is 3.20. The largest absolute Gasteiger partial charge is 0.507 e. The molecule has 0 aromatic heterocycles. The topological polar surface area (TPSA) is 29.1 Å². The van der Waals surface area contributed by atoms with Gasteiger partial charge in [0.25, 0.3) is 0 Å². The molecule has 1 aliphatic heterocycles. The molecule has 0 bridgehead atoms. The molecule has 3 aromatic carbocycles. The third kappa shape index (κ3) is 5.00. The minimum atomic E-state index is 0.379. The van der Waals surface area contributed by atoms with Crippen LogP contribution in [-0.2, 0) is 6.54 Å². The van der Waals surface area contributed by atoms with Crippen LogP contribution in [-0.4, -0.2) is 31.3 Å². The number of aromatic hydroxyl groups is 1. The maximum atomic E-state index is 10.5. The number of hydrogen-bond acceptors (Lipinski definition) is 1. The van der Waals surface area contributed by atoms with Crippen molar-refractivity contribution >= 4 is 0 Å². The highest BCUT2D eigenvalue weighted by Crippen LogP contribution is 2.26. The lowest BCUT2D eigenvalue weighted by molar-refractivity contribution is -1.03. The zero-order chi connectivity index (χ0) is 21.8. The minimum absolute atomic E-state index is 0.379. The fourth-order valence-electron chi connectivity index (χ4n) is 5.13. The van der Waals surface area contributed by atoms with Crippen LogP contribution in [0.2, 0.25) is 0 Å². The fourth-order valence-corrected chi connectivity index (χ4v) is 5.13. The maximum absolute atomic E-state index is 10.5. The zero-order valence-electron chi connectivity index (χ0n) is 19.1. The Morgan fingerprint density at radius 2 is 1.35 bits per heavy atom. The van der Waals surface area contributed by atoms with Crippen LogP contribution in [0, 0.1) is 6.92 Å². The molecule has 1 aliphatic rings. The molecule has 3 N–H and O–H groups in total. The highest BCUT2D eigenvalue weighted by Gasteiger charge is 2.32.